The number of carbonyl (C=O) groups excluding carboxylic acids is 1. The molecule has 2 aliphatic heterocycles. The fourth-order valence-corrected chi connectivity index (χ4v) is 2.43. The third-order valence-electron chi connectivity index (χ3n) is 3.33. The van der Waals surface area contributed by atoms with Gasteiger partial charge >= 0.3 is 0 Å². The average Bonchev–Trinajstić information content (AvgIpc) is 2.74. The summed E-state index contributed by atoms with van der Waals surface area (Å²) in [5.41, 5.74) is -0.0676. The normalized spacial score (nSPS) is 33.9. The quantitative estimate of drug-likeness (QED) is 0.729. The maximum atomic E-state index is 11.1. The van der Waals surface area contributed by atoms with Crippen molar-refractivity contribution < 1.29 is 14.3 Å². The van der Waals surface area contributed by atoms with Gasteiger partial charge in [-0.25, -0.2) is 0 Å². The minimum absolute atomic E-state index is 0.0676. The van der Waals surface area contributed by atoms with Gasteiger partial charge in [-0.15, -0.1) is 0 Å². The summed E-state index contributed by atoms with van der Waals surface area (Å²) in [5, 5.41) is 2.79. The van der Waals surface area contributed by atoms with Crippen molar-refractivity contribution in [1.82, 2.24) is 5.32 Å². The molecule has 2 heterocycles. The summed E-state index contributed by atoms with van der Waals surface area (Å²) in [7, 11) is 0. The van der Waals surface area contributed by atoms with E-state index >= 15 is 0 Å². The molecule has 2 atom stereocenters. The number of rotatable bonds is 3. The molecule has 16 heavy (non-hydrogen) atoms. The Hall–Kier alpha value is -0.870. The van der Waals surface area contributed by atoms with E-state index < -0.39 is 0 Å². The lowest BCUT2D eigenvalue weighted by Crippen LogP contribution is -2.45. The molecule has 4 nitrogen and oxygen atoms in total. The molecule has 0 aromatic carbocycles. The number of hydrogen-bond donors (Lipinski definition) is 1. The van der Waals surface area contributed by atoms with Crippen LogP contribution in [0.4, 0.5) is 0 Å². The number of carbonyl (C=O) groups is 1. The van der Waals surface area contributed by atoms with Crippen LogP contribution in [0.1, 0.15) is 25.7 Å². The van der Waals surface area contributed by atoms with Crippen LogP contribution >= 0.6 is 0 Å². The Kier molecular flexibility index (Phi) is 3.61. The zero-order valence-corrected chi connectivity index (χ0v) is 9.54. The van der Waals surface area contributed by atoms with Gasteiger partial charge in [0.1, 0.15) is 0 Å². The molecule has 2 unspecified atom stereocenters. The third-order valence-corrected chi connectivity index (χ3v) is 3.33. The fourth-order valence-electron chi connectivity index (χ4n) is 2.43. The number of nitrogens with one attached hydrogen (secondary N) is 1. The van der Waals surface area contributed by atoms with Crippen molar-refractivity contribution in [3.63, 3.8) is 0 Å². The zero-order valence-electron chi connectivity index (χ0n) is 9.54. The van der Waals surface area contributed by atoms with Gasteiger partial charge in [0, 0.05) is 19.6 Å². The Balaban J connectivity index is 1.82. The molecule has 0 radical (unpaired) electrons. The lowest BCUT2D eigenvalue weighted by molar-refractivity contribution is -0.131. The van der Waals surface area contributed by atoms with Gasteiger partial charge in [0.05, 0.1) is 18.3 Å². The molecule has 0 aromatic rings. The van der Waals surface area contributed by atoms with E-state index in [1.807, 2.05) is 0 Å². The van der Waals surface area contributed by atoms with Crippen LogP contribution in [0.5, 0.6) is 0 Å². The van der Waals surface area contributed by atoms with Crippen molar-refractivity contribution in [2.75, 3.05) is 19.8 Å². The Morgan fingerprint density at radius 3 is 3.12 bits per heavy atom. The van der Waals surface area contributed by atoms with Gasteiger partial charge in [-0.2, -0.15) is 0 Å². The maximum absolute atomic E-state index is 11.1. The fraction of sp³-hybridized carbons (Fsp3) is 0.750. The molecule has 2 saturated heterocycles. The second-order valence-corrected chi connectivity index (χ2v) is 4.57. The van der Waals surface area contributed by atoms with Crippen molar-refractivity contribution in [3.05, 3.63) is 12.7 Å². The van der Waals surface area contributed by atoms with Crippen molar-refractivity contribution in [1.29, 1.82) is 0 Å². The van der Waals surface area contributed by atoms with Gasteiger partial charge in [0.25, 0.3) is 0 Å². The van der Waals surface area contributed by atoms with Crippen LogP contribution in [0, 0.1) is 0 Å². The molecule has 2 rings (SSSR count). The van der Waals surface area contributed by atoms with E-state index in [4.69, 9.17) is 9.47 Å². The predicted octanol–water partition coefficient (Wildman–Crippen LogP) is 1.02. The number of ether oxygens (including phenoxy) is 2. The lowest BCUT2D eigenvalue weighted by atomic mass is 9.91. The van der Waals surface area contributed by atoms with E-state index in [1.165, 1.54) is 6.08 Å². The minimum Gasteiger partial charge on any atom is -0.378 e. The largest absolute Gasteiger partial charge is 0.378 e. The van der Waals surface area contributed by atoms with E-state index in [9.17, 15) is 4.79 Å². The Morgan fingerprint density at radius 2 is 2.44 bits per heavy atom. The summed E-state index contributed by atoms with van der Waals surface area (Å²) in [6.07, 6.45) is 5.64. The molecule has 4 heteroatoms. The highest BCUT2D eigenvalue weighted by Gasteiger charge is 2.40. The van der Waals surface area contributed by atoms with Crippen molar-refractivity contribution in [2.24, 2.45) is 0 Å². The summed E-state index contributed by atoms with van der Waals surface area (Å²) in [5.74, 6) is -0.133. The van der Waals surface area contributed by atoms with Gasteiger partial charge < -0.3 is 14.8 Å². The molecule has 1 amide bonds. The zero-order chi connectivity index (χ0) is 11.4. The first-order valence-corrected chi connectivity index (χ1v) is 5.90. The van der Waals surface area contributed by atoms with Crippen molar-refractivity contribution in [2.45, 2.75) is 37.4 Å². The molecule has 2 fully saturated rings. The van der Waals surface area contributed by atoms with Crippen LogP contribution in [0.25, 0.3) is 0 Å². The first kappa shape index (κ1) is 11.6. The highest BCUT2D eigenvalue weighted by atomic mass is 16.6. The summed E-state index contributed by atoms with van der Waals surface area (Å²) >= 11 is 0. The molecule has 90 valence electrons. The SMILES string of the molecule is C=CC(=O)NCC1CCCC2(CCOC2)O1. The smallest absolute Gasteiger partial charge is 0.243 e. The summed E-state index contributed by atoms with van der Waals surface area (Å²) in [6.45, 7) is 5.50. The highest BCUT2D eigenvalue weighted by molar-refractivity contribution is 5.86. The number of hydrogen-bond acceptors (Lipinski definition) is 3. The van der Waals surface area contributed by atoms with E-state index in [-0.39, 0.29) is 17.6 Å². The van der Waals surface area contributed by atoms with Gasteiger partial charge in [0.2, 0.25) is 5.91 Å². The average molecular weight is 225 g/mol. The molecule has 2 aliphatic rings. The second-order valence-electron chi connectivity index (χ2n) is 4.57. The molecular formula is C12H19NO3. The van der Waals surface area contributed by atoms with Gasteiger partial charge in [-0.1, -0.05) is 6.58 Å². The first-order valence-electron chi connectivity index (χ1n) is 5.90. The topological polar surface area (TPSA) is 47.6 Å². The third kappa shape index (κ3) is 2.62. The van der Waals surface area contributed by atoms with E-state index in [2.05, 4.69) is 11.9 Å². The standard InChI is InChI=1S/C12H19NO3/c1-2-11(14)13-8-10-4-3-5-12(16-10)6-7-15-9-12/h2,10H,1,3-9H2,(H,13,14). The summed E-state index contributed by atoms with van der Waals surface area (Å²) < 4.78 is 11.5. The molecule has 1 N–H and O–H groups in total. The molecule has 0 bridgehead atoms. The van der Waals surface area contributed by atoms with Gasteiger partial charge in [-0.3, -0.25) is 4.79 Å². The summed E-state index contributed by atoms with van der Waals surface area (Å²) in [4.78, 5) is 11.1. The van der Waals surface area contributed by atoms with Crippen LogP contribution in [-0.4, -0.2) is 37.4 Å². The monoisotopic (exact) mass is 225 g/mol. The molecule has 0 aliphatic carbocycles. The molecule has 0 saturated carbocycles. The van der Waals surface area contributed by atoms with Crippen LogP contribution in [0.3, 0.4) is 0 Å². The second kappa shape index (κ2) is 4.97. The van der Waals surface area contributed by atoms with Crippen LogP contribution in [0.2, 0.25) is 0 Å². The Labute approximate surface area is 96.0 Å². The summed E-state index contributed by atoms with van der Waals surface area (Å²) in [6, 6.07) is 0. The van der Waals surface area contributed by atoms with E-state index in [0.29, 0.717) is 13.2 Å². The van der Waals surface area contributed by atoms with Crippen LogP contribution in [0.15, 0.2) is 12.7 Å². The Morgan fingerprint density at radius 1 is 1.56 bits per heavy atom. The van der Waals surface area contributed by atoms with Crippen LogP contribution in [-0.2, 0) is 14.3 Å². The highest BCUT2D eigenvalue weighted by Crippen LogP contribution is 2.35. The first-order chi connectivity index (χ1) is 7.74. The van der Waals surface area contributed by atoms with E-state index in [1.54, 1.807) is 0 Å². The van der Waals surface area contributed by atoms with Crippen LogP contribution < -0.4 is 5.32 Å². The number of amides is 1. The molecular weight excluding hydrogens is 206 g/mol. The maximum Gasteiger partial charge on any atom is 0.243 e. The van der Waals surface area contributed by atoms with Gasteiger partial charge in [-0.05, 0) is 25.3 Å². The Bertz CT molecular complexity index is 271. The van der Waals surface area contributed by atoms with Gasteiger partial charge in [0.15, 0.2) is 0 Å². The molecule has 1 spiro atoms. The molecule has 0 aromatic heterocycles. The van der Waals surface area contributed by atoms with Crippen molar-refractivity contribution in [3.8, 4) is 0 Å². The predicted molar refractivity (Wildman–Crippen MR) is 60.1 cm³/mol. The van der Waals surface area contributed by atoms with E-state index in [0.717, 1.165) is 32.3 Å². The lowest BCUT2D eigenvalue weighted by Gasteiger charge is -2.37. The minimum atomic E-state index is -0.133. The van der Waals surface area contributed by atoms with Crippen molar-refractivity contribution >= 4 is 5.91 Å².